The molecule has 0 radical (unpaired) electrons. The lowest BCUT2D eigenvalue weighted by Gasteiger charge is -2.34. The van der Waals surface area contributed by atoms with Crippen LogP contribution < -0.4 is 0 Å². The number of rotatable bonds is 5. The second kappa shape index (κ2) is 13.1. The fourth-order valence-electron chi connectivity index (χ4n) is 9.63. The van der Waals surface area contributed by atoms with Gasteiger partial charge in [0.25, 0.3) is 0 Å². The number of aromatic nitrogens is 4. The van der Waals surface area contributed by atoms with Crippen molar-refractivity contribution in [2.24, 2.45) is 0 Å². The second-order valence-electron chi connectivity index (χ2n) is 15.4. The Kier molecular flexibility index (Phi) is 7.41. The fourth-order valence-corrected chi connectivity index (χ4v) is 9.63. The maximum Gasteiger partial charge on any atom is 0.0970 e. The van der Waals surface area contributed by atoms with Crippen LogP contribution in [0.2, 0.25) is 0 Å². The van der Waals surface area contributed by atoms with Gasteiger partial charge in [0.1, 0.15) is 0 Å². The number of para-hydroxylation sites is 1. The molecule has 59 heavy (non-hydrogen) atoms. The van der Waals surface area contributed by atoms with Crippen LogP contribution in [-0.2, 0) is 5.41 Å². The van der Waals surface area contributed by atoms with Crippen molar-refractivity contribution in [1.82, 2.24) is 19.9 Å². The minimum atomic E-state index is -0.479. The Bertz CT molecular complexity index is 3380. The molecule has 0 spiro atoms. The molecule has 12 rings (SSSR count). The van der Waals surface area contributed by atoms with E-state index in [1.54, 1.807) is 0 Å². The zero-order chi connectivity index (χ0) is 38.9. The normalized spacial score (nSPS) is 12.9. The molecule has 1 aliphatic rings. The molecule has 4 heterocycles. The van der Waals surface area contributed by atoms with Crippen molar-refractivity contribution in [3.63, 3.8) is 0 Å². The molecule has 0 N–H and O–H groups in total. The van der Waals surface area contributed by atoms with Crippen LogP contribution in [0.25, 0.3) is 88.2 Å². The lowest BCUT2D eigenvalue weighted by molar-refractivity contribution is 0.769. The van der Waals surface area contributed by atoms with Crippen LogP contribution in [0.4, 0.5) is 0 Å². The van der Waals surface area contributed by atoms with Gasteiger partial charge in [-0.25, -0.2) is 4.98 Å². The number of hydrogen-bond donors (Lipinski definition) is 0. The van der Waals surface area contributed by atoms with Crippen LogP contribution >= 0.6 is 0 Å². The molecular formula is C55H34N4. The van der Waals surface area contributed by atoms with E-state index in [9.17, 15) is 0 Å². The maximum absolute atomic E-state index is 5.37. The van der Waals surface area contributed by atoms with Crippen molar-refractivity contribution in [2.75, 3.05) is 0 Å². The van der Waals surface area contributed by atoms with Gasteiger partial charge >= 0.3 is 0 Å². The Morgan fingerprint density at radius 2 is 1.08 bits per heavy atom. The topological polar surface area (TPSA) is 51.6 Å². The monoisotopic (exact) mass is 750 g/mol. The highest BCUT2D eigenvalue weighted by Gasteiger charge is 2.46. The molecule has 1 aliphatic carbocycles. The summed E-state index contributed by atoms with van der Waals surface area (Å²) < 4.78 is 0. The summed E-state index contributed by atoms with van der Waals surface area (Å²) in [7, 11) is 0. The molecule has 4 heteroatoms. The molecule has 0 atom stereocenters. The third-order valence-electron chi connectivity index (χ3n) is 12.3. The molecule has 0 aliphatic heterocycles. The number of pyridine rings is 4. The molecule has 0 saturated heterocycles. The summed E-state index contributed by atoms with van der Waals surface area (Å²) >= 11 is 0. The summed E-state index contributed by atoms with van der Waals surface area (Å²) in [5.41, 5.74) is 16.0. The smallest absolute Gasteiger partial charge is 0.0970 e. The third-order valence-corrected chi connectivity index (χ3v) is 12.3. The first-order valence-electron chi connectivity index (χ1n) is 20.0. The molecule has 7 aromatic carbocycles. The van der Waals surface area contributed by atoms with E-state index < -0.39 is 5.41 Å². The second-order valence-corrected chi connectivity index (χ2v) is 15.4. The Labute approximate surface area is 341 Å². The van der Waals surface area contributed by atoms with Crippen LogP contribution in [0, 0.1) is 0 Å². The van der Waals surface area contributed by atoms with Gasteiger partial charge in [-0.1, -0.05) is 152 Å². The molecule has 11 aromatic rings. The van der Waals surface area contributed by atoms with Gasteiger partial charge in [-0.2, -0.15) is 0 Å². The Morgan fingerprint density at radius 3 is 1.88 bits per heavy atom. The van der Waals surface area contributed by atoms with Crippen LogP contribution in [0.1, 0.15) is 22.3 Å². The summed E-state index contributed by atoms with van der Waals surface area (Å²) in [6.07, 6.45) is 5.64. The summed E-state index contributed by atoms with van der Waals surface area (Å²) in [5, 5.41) is 5.62. The van der Waals surface area contributed by atoms with Gasteiger partial charge in [0.15, 0.2) is 0 Å². The van der Waals surface area contributed by atoms with E-state index >= 15 is 0 Å². The van der Waals surface area contributed by atoms with Crippen molar-refractivity contribution in [3.05, 3.63) is 229 Å². The van der Waals surface area contributed by atoms with E-state index in [-0.39, 0.29) is 0 Å². The molecule has 0 saturated carbocycles. The fraction of sp³-hybridized carbons (Fsp3) is 0.0182. The van der Waals surface area contributed by atoms with Gasteiger partial charge in [0, 0.05) is 56.8 Å². The Balaban J connectivity index is 0.989. The summed E-state index contributed by atoms with van der Waals surface area (Å²) in [6, 6.07) is 67.6. The van der Waals surface area contributed by atoms with Crippen molar-refractivity contribution >= 4 is 43.5 Å². The van der Waals surface area contributed by atoms with Crippen molar-refractivity contribution in [3.8, 4) is 44.8 Å². The number of nitrogens with zero attached hydrogens (tertiary/aromatic N) is 4. The molecule has 0 fully saturated rings. The van der Waals surface area contributed by atoms with Crippen molar-refractivity contribution in [1.29, 1.82) is 0 Å². The van der Waals surface area contributed by atoms with Crippen LogP contribution in [0.15, 0.2) is 207 Å². The minimum absolute atomic E-state index is 0.479. The number of benzene rings is 7. The SMILES string of the molecule is c1ccc(C2(c3ccccc3)c3ccccc3-c3cc4c(-c5ccc(-c6ccc(-c7ccnc8c7ccc7cccnc78)cn6)cc5)nc5ccccc5c4cc32)cc1. The maximum atomic E-state index is 5.37. The zero-order valence-corrected chi connectivity index (χ0v) is 31.9. The van der Waals surface area contributed by atoms with Crippen LogP contribution in [0.5, 0.6) is 0 Å². The lowest BCUT2D eigenvalue weighted by Crippen LogP contribution is -2.28. The van der Waals surface area contributed by atoms with Gasteiger partial charge in [-0.15, -0.1) is 0 Å². The zero-order valence-electron chi connectivity index (χ0n) is 31.9. The predicted molar refractivity (Wildman–Crippen MR) is 241 cm³/mol. The lowest BCUT2D eigenvalue weighted by atomic mass is 9.67. The largest absolute Gasteiger partial charge is 0.256 e. The first-order chi connectivity index (χ1) is 29.3. The predicted octanol–water partition coefficient (Wildman–Crippen LogP) is 13.2. The molecule has 0 amide bonds. The number of hydrogen-bond acceptors (Lipinski definition) is 4. The Morgan fingerprint density at radius 1 is 0.373 bits per heavy atom. The summed E-state index contributed by atoms with van der Waals surface area (Å²) in [4.78, 5) is 19.7. The highest BCUT2D eigenvalue weighted by molar-refractivity contribution is 6.13. The van der Waals surface area contributed by atoms with Crippen LogP contribution in [-0.4, -0.2) is 19.9 Å². The molecule has 4 nitrogen and oxygen atoms in total. The van der Waals surface area contributed by atoms with Gasteiger partial charge < -0.3 is 0 Å². The van der Waals surface area contributed by atoms with Gasteiger partial charge in [0.05, 0.1) is 33.4 Å². The van der Waals surface area contributed by atoms with Gasteiger partial charge in [0.2, 0.25) is 0 Å². The first kappa shape index (κ1) is 33.3. The van der Waals surface area contributed by atoms with E-state index in [0.717, 1.165) is 71.7 Å². The van der Waals surface area contributed by atoms with Crippen molar-refractivity contribution < 1.29 is 0 Å². The highest BCUT2D eigenvalue weighted by atomic mass is 14.7. The summed E-state index contributed by atoms with van der Waals surface area (Å²) in [6.45, 7) is 0. The first-order valence-corrected chi connectivity index (χ1v) is 20.0. The van der Waals surface area contributed by atoms with E-state index in [1.165, 1.54) is 38.8 Å². The quantitative estimate of drug-likeness (QED) is 0.164. The van der Waals surface area contributed by atoms with Gasteiger partial charge in [-0.05, 0) is 80.7 Å². The van der Waals surface area contributed by atoms with Gasteiger partial charge in [-0.3, -0.25) is 15.0 Å². The molecule has 0 unspecified atom stereocenters. The van der Waals surface area contributed by atoms with Crippen molar-refractivity contribution in [2.45, 2.75) is 5.41 Å². The molecule has 274 valence electrons. The van der Waals surface area contributed by atoms with E-state index in [1.807, 2.05) is 24.7 Å². The van der Waals surface area contributed by atoms with E-state index in [2.05, 4.69) is 187 Å². The average Bonchev–Trinajstić information content (AvgIpc) is 3.61. The molecular weight excluding hydrogens is 717 g/mol. The third kappa shape index (κ3) is 5.03. The Hall–Kier alpha value is -7.82. The standard InChI is InChI=1S/C55H34N4/c1-3-13-39(14-4-1)55(40-15-5-2-6-16-40)48-19-9-7-17-42(48)46-32-47-45(33-49(46)55)43-18-8-10-20-51(43)59-52(47)37-23-21-35(22-24-37)50-28-26-38(34-58-50)41-29-31-57-54-44(41)27-25-36-12-11-30-56-53(36)54/h1-34H. The highest BCUT2D eigenvalue weighted by Crippen LogP contribution is 2.57. The average molecular weight is 751 g/mol. The van der Waals surface area contributed by atoms with Crippen LogP contribution in [0.3, 0.4) is 0 Å². The minimum Gasteiger partial charge on any atom is -0.256 e. The molecule has 4 aromatic heterocycles. The number of fused-ring (bicyclic) bond motifs is 9. The van der Waals surface area contributed by atoms with E-state index in [4.69, 9.17) is 15.0 Å². The summed E-state index contributed by atoms with van der Waals surface area (Å²) in [5.74, 6) is 0. The molecule has 0 bridgehead atoms. The van der Waals surface area contributed by atoms with E-state index in [0.29, 0.717) is 0 Å².